The fourth-order valence-electron chi connectivity index (χ4n) is 3.57. The van der Waals surface area contributed by atoms with Crippen molar-refractivity contribution in [2.75, 3.05) is 19.5 Å². The number of hydrogen-bond donors (Lipinski definition) is 1. The van der Waals surface area contributed by atoms with Crippen molar-refractivity contribution < 1.29 is 23.8 Å². The van der Waals surface area contributed by atoms with Crippen molar-refractivity contribution in [3.05, 3.63) is 83.9 Å². The second-order valence-corrected chi connectivity index (χ2v) is 7.81. The van der Waals surface area contributed by atoms with E-state index in [9.17, 15) is 9.59 Å². The number of hydrogen-bond acceptors (Lipinski definition) is 5. The predicted octanol–water partition coefficient (Wildman–Crippen LogP) is 4.02. The maximum atomic E-state index is 12.8. The lowest BCUT2D eigenvalue weighted by Crippen LogP contribution is -2.41. The summed E-state index contributed by atoms with van der Waals surface area (Å²) in [5.74, 6) is 1.27. The molecule has 7 heteroatoms. The smallest absolute Gasteiger partial charge is 0.266 e. The highest BCUT2D eigenvalue weighted by Gasteiger charge is 2.30. The molecule has 1 heterocycles. The molecule has 0 bridgehead atoms. The number of ether oxygens (including phenoxy) is 3. The van der Waals surface area contributed by atoms with E-state index in [-0.39, 0.29) is 18.2 Å². The van der Waals surface area contributed by atoms with Crippen molar-refractivity contribution in [1.82, 2.24) is 4.90 Å². The van der Waals surface area contributed by atoms with Crippen molar-refractivity contribution in [1.29, 1.82) is 0 Å². The number of benzene rings is 3. The molecule has 0 fully saturated rings. The molecule has 1 aliphatic rings. The number of para-hydroxylation sites is 2. The maximum Gasteiger partial charge on any atom is 0.266 e. The topological polar surface area (TPSA) is 77.1 Å². The largest absolute Gasteiger partial charge is 0.493 e. The summed E-state index contributed by atoms with van der Waals surface area (Å²) in [6.45, 7) is 0.792. The molecule has 3 aromatic rings. The molecule has 0 radical (unpaired) electrons. The first-order valence-electron chi connectivity index (χ1n) is 10.7. The Labute approximate surface area is 192 Å². The highest BCUT2D eigenvalue weighted by Crippen LogP contribution is 2.31. The van der Waals surface area contributed by atoms with Crippen molar-refractivity contribution in [2.45, 2.75) is 25.7 Å². The molecular weight excluding hydrogens is 420 g/mol. The van der Waals surface area contributed by atoms with Gasteiger partial charge in [-0.3, -0.25) is 9.59 Å². The van der Waals surface area contributed by atoms with Gasteiger partial charge in [-0.25, -0.2) is 0 Å². The van der Waals surface area contributed by atoms with Crippen LogP contribution in [0.5, 0.6) is 17.2 Å². The molecule has 3 aromatic carbocycles. The van der Waals surface area contributed by atoms with Crippen LogP contribution in [-0.4, -0.2) is 37.0 Å². The number of rotatable bonds is 8. The van der Waals surface area contributed by atoms with Gasteiger partial charge in [0.1, 0.15) is 12.4 Å². The molecular formula is C26H26N2O5. The third-order valence-electron chi connectivity index (χ3n) is 5.38. The molecule has 0 aromatic heterocycles. The average Bonchev–Trinajstić information content (AvgIpc) is 2.84. The second kappa shape index (κ2) is 10.1. The summed E-state index contributed by atoms with van der Waals surface area (Å²) >= 11 is 0. The summed E-state index contributed by atoms with van der Waals surface area (Å²) in [5.41, 5.74) is 2.56. The number of carbonyl (C=O) groups excluding carboxylic acids is 2. The van der Waals surface area contributed by atoms with Crippen LogP contribution < -0.4 is 19.5 Å². The van der Waals surface area contributed by atoms with Crippen LogP contribution in [0.25, 0.3) is 0 Å². The highest BCUT2D eigenvalue weighted by atomic mass is 16.5. The van der Waals surface area contributed by atoms with E-state index in [4.69, 9.17) is 14.2 Å². The first kappa shape index (κ1) is 22.2. The van der Waals surface area contributed by atoms with Crippen LogP contribution in [0.15, 0.2) is 72.8 Å². The molecule has 7 nitrogen and oxygen atoms in total. The number of methoxy groups -OCH3 is 1. The number of carbonyl (C=O) groups is 2. The van der Waals surface area contributed by atoms with E-state index in [2.05, 4.69) is 5.32 Å². The third-order valence-corrected chi connectivity index (χ3v) is 5.38. The number of nitrogens with one attached hydrogen (secondary N) is 1. The van der Waals surface area contributed by atoms with Crippen LogP contribution in [0, 0.1) is 0 Å². The minimum Gasteiger partial charge on any atom is -0.493 e. The fourth-order valence-corrected chi connectivity index (χ4v) is 3.57. The van der Waals surface area contributed by atoms with Crippen molar-refractivity contribution in [3.63, 3.8) is 0 Å². The van der Waals surface area contributed by atoms with Gasteiger partial charge in [0.15, 0.2) is 17.6 Å². The lowest BCUT2D eigenvalue weighted by Gasteiger charge is -2.27. The second-order valence-electron chi connectivity index (χ2n) is 7.81. The molecule has 170 valence electrons. The first-order chi connectivity index (χ1) is 16.0. The molecule has 0 saturated heterocycles. The Balaban J connectivity index is 1.36. The van der Waals surface area contributed by atoms with E-state index in [0.717, 1.165) is 11.1 Å². The summed E-state index contributed by atoms with van der Waals surface area (Å²) in [6, 6.07) is 22.6. The van der Waals surface area contributed by atoms with E-state index in [1.54, 1.807) is 31.2 Å². The van der Waals surface area contributed by atoms with Crippen LogP contribution in [0.3, 0.4) is 0 Å². The van der Waals surface area contributed by atoms with Crippen molar-refractivity contribution >= 4 is 17.5 Å². The lowest BCUT2D eigenvalue weighted by molar-refractivity contribution is -0.136. The van der Waals surface area contributed by atoms with E-state index in [0.29, 0.717) is 36.1 Å². The maximum absolute atomic E-state index is 12.8. The Morgan fingerprint density at radius 3 is 2.55 bits per heavy atom. The molecule has 0 saturated carbocycles. The number of amides is 2. The Bertz CT molecular complexity index is 1130. The normalized spacial score (nSPS) is 14.5. The van der Waals surface area contributed by atoms with E-state index < -0.39 is 6.10 Å². The molecule has 2 amide bonds. The summed E-state index contributed by atoms with van der Waals surface area (Å²) in [7, 11) is 3.28. The minimum absolute atomic E-state index is 0.0495. The van der Waals surface area contributed by atoms with Gasteiger partial charge >= 0.3 is 0 Å². The van der Waals surface area contributed by atoms with Crippen LogP contribution in [0.1, 0.15) is 17.5 Å². The standard InChI is InChI=1S/C26H26N2O5/c1-28(25(29)15-24-26(30)27-20-10-6-7-11-21(20)33-24)16-19-12-13-22(23(14-19)31-2)32-17-18-8-4-3-5-9-18/h3-14,24H,15-17H2,1-2H3,(H,27,30)/t24-/m1/s1. The molecule has 1 atom stereocenters. The van der Waals surface area contributed by atoms with E-state index in [1.807, 2.05) is 60.7 Å². The minimum atomic E-state index is -0.863. The average molecular weight is 447 g/mol. The first-order valence-corrected chi connectivity index (χ1v) is 10.7. The Kier molecular flexibility index (Phi) is 6.78. The van der Waals surface area contributed by atoms with Crippen LogP contribution >= 0.6 is 0 Å². The van der Waals surface area contributed by atoms with Gasteiger partial charge in [0.2, 0.25) is 5.91 Å². The lowest BCUT2D eigenvalue weighted by atomic mass is 10.1. The molecule has 33 heavy (non-hydrogen) atoms. The van der Waals surface area contributed by atoms with E-state index >= 15 is 0 Å². The van der Waals surface area contributed by atoms with Gasteiger partial charge < -0.3 is 24.4 Å². The molecule has 0 aliphatic carbocycles. The summed E-state index contributed by atoms with van der Waals surface area (Å²) in [5, 5.41) is 2.78. The summed E-state index contributed by atoms with van der Waals surface area (Å²) in [6.07, 6.45) is -0.912. The number of nitrogens with zero attached hydrogens (tertiary/aromatic N) is 1. The summed E-state index contributed by atoms with van der Waals surface area (Å²) < 4.78 is 17.1. The van der Waals surface area contributed by atoms with Gasteiger partial charge in [-0.2, -0.15) is 0 Å². The van der Waals surface area contributed by atoms with Gasteiger partial charge in [0.25, 0.3) is 5.91 Å². The molecule has 1 N–H and O–H groups in total. The molecule has 0 spiro atoms. The molecule has 1 aliphatic heterocycles. The quantitative estimate of drug-likeness (QED) is 0.566. The predicted molar refractivity (Wildman–Crippen MR) is 124 cm³/mol. The highest BCUT2D eigenvalue weighted by molar-refractivity contribution is 5.99. The zero-order chi connectivity index (χ0) is 23.2. The fraction of sp³-hybridized carbons (Fsp3) is 0.231. The van der Waals surface area contributed by atoms with Gasteiger partial charge in [0, 0.05) is 13.6 Å². The number of fused-ring (bicyclic) bond motifs is 1. The Morgan fingerprint density at radius 2 is 1.76 bits per heavy atom. The Morgan fingerprint density at radius 1 is 1.00 bits per heavy atom. The van der Waals surface area contributed by atoms with Crippen LogP contribution in [0.2, 0.25) is 0 Å². The van der Waals surface area contributed by atoms with Crippen LogP contribution in [-0.2, 0) is 22.7 Å². The van der Waals surface area contributed by atoms with Gasteiger partial charge in [-0.1, -0.05) is 48.5 Å². The Hall–Kier alpha value is -4.00. The van der Waals surface area contributed by atoms with Gasteiger partial charge in [-0.15, -0.1) is 0 Å². The number of anilines is 1. The zero-order valence-corrected chi connectivity index (χ0v) is 18.6. The van der Waals surface area contributed by atoms with Gasteiger partial charge in [0.05, 0.1) is 19.2 Å². The monoisotopic (exact) mass is 446 g/mol. The summed E-state index contributed by atoms with van der Waals surface area (Å²) in [4.78, 5) is 26.7. The SMILES string of the molecule is COc1cc(CN(C)C(=O)C[C@H]2Oc3ccccc3NC2=O)ccc1OCc1ccccc1. The van der Waals surface area contributed by atoms with Gasteiger partial charge in [-0.05, 0) is 35.4 Å². The molecule has 0 unspecified atom stereocenters. The zero-order valence-electron chi connectivity index (χ0n) is 18.6. The van der Waals surface area contributed by atoms with Crippen LogP contribution in [0.4, 0.5) is 5.69 Å². The third kappa shape index (κ3) is 5.44. The van der Waals surface area contributed by atoms with E-state index in [1.165, 1.54) is 0 Å². The van der Waals surface area contributed by atoms with Crippen molar-refractivity contribution in [2.24, 2.45) is 0 Å². The van der Waals surface area contributed by atoms with Crippen molar-refractivity contribution in [3.8, 4) is 17.2 Å². The molecule has 4 rings (SSSR count).